The minimum absolute atomic E-state index is 0.281. The van der Waals surface area contributed by atoms with E-state index in [9.17, 15) is 0 Å². The van der Waals surface area contributed by atoms with Gasteiger partial charge in [0.1, 0.15) is 23.1 Å². The maximum atomic E-state index is 9.01. The molecule has 0 aliphatic rings. The Bertz CT molecular complexity index is 796. The van der Waals surface area contributed by atoms with Crippen LogP contribution in [0.1, 0.15) is 5.56 Å². The average Bonchev–Trinajstić information content (AvgIpc) is 2.58. The van der Waals surface area contributed by atoms with Gasteiger partial charge in [-0.2, -0.15) is 5.26 Å². The van der Waals surface area contributed by atoms with Crippen molar-refractivity contribution >= 4 is 0 Å². The molecule has 22 heavy (non-hydrogen) atoms. The Balaban J connectivity index is 1.73. The number of benzene rings is 1. The molecule has 0 saturated carbocycles. The van der Waals surface area contributed by atoms with Crippen LogP contribution in [0.25, 0.3) is 0 Å². The van der Waals surface area contributed by atoms with E-state index in [-0.39, 0.29) is 5.88 Å². The molecule has 0 radical (unpaired) electrons. The Kier molecular flexibility index (Phi) is 3.94. The van der Waals surface area contributed by atoms with Gasteiger partial charge in [0.15, 0.2) is 0 Å². The Morgan fingerprint density at radius 1 is 0.773 bits per heavy atom. The van der Waals surface area contributed by atoms with E-state index in [1.54, 1.807) is 54.9 Å². The molecule has 2 aromatic heterocycles. The lowest BCUT2D eigenvalue weighted by Gasteiger charge is -2.07. The van der Waals surface area contributed by atoms with Gasteiger partial charge in [0.2, 0.25) is 11.8 Å². The molecule has 0 unspecified atom stereocenters. The van der Waals surface area contributed by atoms with Gasteiger partial charge in [-0.25, -0.2) is 9.97 Å². The van der Waals surface area contributed by atoms with Crippen molar-refractivity contribution in [2.24, 2.45) is 0 Å². The lowest BCUT2D eigenvalue weighted by molar-refractivity contribution is 0.449. The van der Waals surface area contributed by atoms with Crippen molar-refractivity contribution in [3.8, 4) is 29.3 Å². The first-order chi connectivity index (χ1) is 10.8. The summed E-state index contributed by atoms with van der Waals surface area (Å²) in [7, 11) is 0. The van der Waals surface area contributed by atoms with Crippen molar-refractivity contribution in [3.05, 3.63) is 72.6 Å². The summed E-state index contributed by atoms with van der Waals surface area (Å²) < 4.78 is 11.2. The average molecular weight is 289 g/mol. The number of hydrogen-bond donors (Lipinski definition) is 0. The second-order valence-electron chi connectivity index (χ2n) is 4.31. The number of aromatic nitrogens is 2. The highest BCUT2D eigenvalue weighted by Crippen LogP contribution is 2.26. The van der Waals surface area contributed by atoms with Gasteiger partial charge in [-0.15, -0.1) is 0 Å². The third-order valence-corrected chi connectivity index (χ3v) is 2.79. The van der Waals surface area contributed by atoms with Crippen LogP contribution in [0.15, 0.2) is 67.0 Å². The van der Waals surface area contributed by atoms with Crippen molar-refractivity contribution in [3.63, 3.8) is 0 Å². The summed E-state index contributed by atoms with van der Waals surface area (Å²) >= 11 is 0. The van der Waals surface area contributed by atoms with Crippen LogP contribution >= 0.6 is 0 Å². The maximum Gasteiger partial charge on any atom is 0.237 e. The molecule has 0 saturated heterocycles. The molecule has 0 N–H and O–H groups in total. The van der Waals surface area contributed by atoms with Gasteiger partial charge in [0.25, 0.3) is 0 Å². The second kappa shape index (κ2) is 6.37. The van der Waals surface area contributed by atoms with Gasteiger partial charge in [-0.1, -0.05) is 6.07 Å². The largest absolute Gasteiger partial charge is 0.439 e. The van der Waals surface area contributed by atoms with Crippen LogP contribution in [-0.4, -0.2) is 9.97 Å². The van der Waals surface area contributed by atoms with Gasteiger partial charge in [0, 0.05) is 18.5 Å². The molecule has 0 fully saturated rings. The molecular formula is C17H11N3O2. The van der Waals surface area contributed by atoms with Gasteiger partial charge in [0.05, 0.1) is 0 Å². The van der Waals surface area contributed by atoms with Crippen molar-refractivity contribution in [1.29, 1.82) is 5.26 Å². The molecule has 3 aromatic rings. The molecule has 5 nitrogen and oxygen atoms in total. The first-order valence-corrected chi connectivity index (χ1v) is 6.57. The molecule has 0 spiro atoms. The Labute approximate surface area is 127 Å². The molecule has 0 atom stereocenters. The molecule has 1 aromatic carbocycles. The minimum atomic E-state index is 0.281. The number of nitriles is 1. The third kappa shape index (κ3) is 3.19. The number of pyridine rings is 2. The standard InChI is InChI=1S/C17H11N3O2/c18-12-13-4-3-11-20-17(13)22-15-8-6-14(7-9-15)21-16-5-1-2-10-19-16/h1-11H. The molecule has 0 amide bonds. The summed E-state index contributed by atoms with van der Waals surface area (Å²) in [6, 6.07) is 17.8. The summed E-state index contributed by atoms with van der Waals surface area (Å²) in [4.78, 5) is 8.14. The zero-order valence-corrected chi connectivity index (χ0v) is 11.5. The molecule has 3 rings (SSSR count). The number of ether oxygens (including phenoxy) is 2. The van der Waals surface area contributed by atoms with Crippen molar-refractivity contribution in [1.82, 2.24) is 9.97 Å². The zero-order valence-electron chi connectivity index (χ0n) is 11.5. The Morgan fingerprint density at radius 2 is 1.50 bits per heavy atom. The first-order valence-electron chi connectivity index (χ1n) is 6.57. The molecule has 106 valence electrons. The summed E-state index contributed by atoms with van der Waals surface area (Å²) in [5, 5.41) is 9.01. The molecule has 0 bridgehead atoms. The highest BCUT2D eigenvalue weighted by atomic mass is 16.5. The van der Waals surface area contributed by atoms with Crippen LogP contribution in [0.3, 0.4) is 0 Å². The van der Waals surface area contributed by atoms with Gasteiger partial charge >= 0.3 is 0 Å². The maximum absolute atomic E-state index is 9.01. The van der Waals surface area contributed by atoms with E-state index in [4.69, 9.17) is 14.7 Å². The van der Waals surface area contributed by atoms with Crippen molar-refractivity contribution < 1.29 is 9.47 Å². The smallest absolute Gasteiger partial charge is 0.237 e. The minimum Gasteiger partial charge on any atom is -0.439 e. The van der Waals surface area contributed by atoms with Crippen LogP contribution in [0.5, 0.6) is 23.3 Å². The van der Waals surface area contributed by atoms with Crippen LogP contribution in [0.4, 0.5) is 0 Å². The quantitative estimate of drug-likeness (QED) is 0.727. The van der Waals surface area contributed by atoms with E-state index in [0.29, 0.717) is 22.9 Å². The van der Waals surface area contributed by atoms with Crippen molar-refractivity contribution in [2.45, 2.75) is 0 Å². The van der Waals surface area contributed by atoms with E-state index in [1.165, 1.54) is 0 Å². The van der Waals surface area contributed by atoms with E-state index in [2.05, 4.69) is 9.97 Å². The van der Waals surface area contributed by atoms with Gasteiger partial charge in [-0.3, -0.25) is 0 Å². The van der Waals surface area contributed by atoms with Crippen LogP contribution in [0.2, 0.25) is 0 Å². The number of nitrogens with zero attached hydrogens (tertiary/aromatic N) is 3. The normalized spacial score (nSPS) is 9.77. The first kappa shape index (κ1) is 13.6. The predicted octanol–water partition coefficient (Wildman–Crippen LogP) is 3.93. The van der Waals surface area contributed by atoms with Gasteiger partial charge in [-0.05, 0) is 42.5 Å². The van der Waals surface area contributed by atoms with Crippen LogP contribution in [-0.2, 0) is 0 Å². The Morgan fingerprint density at radius 3 is 2.18 bits per heavy atom. The molecule has 0 aliphatic carbocycles. The zero-order chi connectivity index (χ0) is 15.2. The fraction of sp³-hybridized carbons (Fsp3) is 0. The highest BCUT2D eigenvalue weighted by molar-refractivity contribution is 5.41. The summed E-state index contributed by atoms with van der Waals surface area (Å²) in [5.74, 6) is 2.02. The van der Waals surface area contributed by atoms with Crippen molar-refractivity contribution in [2.75, 3.05) is 0 Å². The van der Waals surface area contributed by atoms with Crippen LogP contribution in [0, 0.1) is 11.3 Å². The molecular weight excluding hydrogens is 278 g/mol. The fourth-order valence-electron chi connectivity index (χ4n) is 1.77. The van der Waals surface area contributed by atoms with Crippen LogP contribution < -0.4 is 9.47 Å². The van der Waals surface area contributed by atoms with E-state index < -0.39 is 0 Å². The second-order valence-corrected chi connectivity index (χ2v) is 4.31. The van der Waals surface area contributed by atoms with E-state index in [1.807, 2.05) is 18.2 Å². The summed E-state index contributed by atoms with van der Waals surface area (Å²) in [6.07, 6.45) is 3.24. The molecule has 2 heterocycles. The molecule has 5 heteroatoms. The SMILES string of the molecule is N#Cc1cccnc1Oc1ccc(Oc2ccccn2)cc1. The van der Waals surface area contributed by atoms with Gasteiger partial charge < -0.3 is 9.47 Å². The topological polar surface area (TPSA) is 68.0 Å². The Hall–Kier alpha value is -3.39. The fourth-order valence-corrected chi connectivity index (χ4v) is 1.77. The highest BCUT2D eigenvalue weighted by Gasteiger charge is 2.05. The monoisotopic (exact) mass is 289 g/mol. The lowest BCUT2D eigenvalue weighted by Crippen LogP contribution is -1.91. The van der Waals surface area contributed by atoms with E-state index in [0.717, 1.165) is 0 Å². The lowest BCUT2D eigenvalue weighted by atomic mass is 10.3. The third-order valence-electron chi connectivity index (χ3n) is 2.79. The summed E-state index contributed by atoms with van der Waals surface area (Å²) in [5.41, 5.74) is 0.385. The predicted molar refractivity (Wildman–Crippen MR) is 79.8 cm³/mol. The summed E-state index contributed by atoms with van der Waals surface area (Å²) in [6.45, 7) is 0. The van der Waals surface area contributed by atoms with E-state index >= 15 is 0 Å². The number of rotatable bonds is 4. The molecule has 0 aliphatic heterocycles. The number of hydrogen-bond acceptors (Lipinski definition) is 5.